The first-order valence-electron chi connectivity index (χ1n) is 10.9. The number of likely N-dealkylation sites (tertiary alicyclic amines) is 1. The lowest BCUT2D eigenvalue weighted by atomic mass is 10.1. The second-order valence-electron chi connectivity index (χ2n) is 8.52. The van der Waals surface area contributed by atoms with Crippen LogP contribution >= 0.6 is 0 Å². The van der Waals surface area contributed by atoms with Crippen LogP contribution in [0.5, 0.6) is 0 Å². The highest BCUT2D eigenvalue weighted by molar-refractivity contribution is 5.79. The fourth-order valence-corrected chi connectivity index (χ4v) is 4.42. The third-order valence-electron chi connectivity index (χ3n) is 6.15. The van der Waals surface area contributed by atoms with E-state index in [4.69, 9.17) is 0 Å². The molecule has 2 atom stereocenters. The smallest absolute Gasteiger partial charge is 0.237 e. The molecule has 2 aromatic rings. The Hall–Kier alpha value is -3.00. The summed E-state index contributed by atoms with van der Waals surface area (Å²) in [4.78, 5) is 38.7. The molecule has 2 aliphatic rings. The van der Waals surface area contributed by atoms with Crippen LogP contribution in [0.25, 0.3) is 11.4 Å². The summed E-state index contributed by atoms with van der Waals surface area (Å²) in [6.45, 7) is 8.44. The average Bonchev–Trinajstić information content (AvgIpc) is 3.21. The van der Waals surface area contributed by atoms with Gasteiger partial charge in [0, 0.05) is 68.5 Å². The Morgan fingerprint density at radius 1 is 1.13 bits per heavy atom. The molecule has 8 nitrogen and oxygen atoms in total. The number of amides is 2. The number of hydrogen-bond donors (Lipinski definition) is 1. The van der Waals surface area contributed by atoms with Crippen LogP contribution in [0.3, 0.4) is 0 Å². The van der Waals surface area contributed by atoms with E-state index in [9.17, 15) is 9.59 Å². The summed E-state index contributed by atoms with van der Waals surface area (Å²) in [5.74, 6) is 0.902. The first-order chi connectivity index (χ1) is 15.0. The highest BCUT2D eigenvalue weighted by Crippen LogP contribution is 2.23. The zero-order valence-electron chi connectivity index (χ0n) is 18.2. The molecule has 2 fully saturated rings. The van der Waals surface area contributed by atoms with Gasteiger partial charge in [0.1, 0.15) is 0 Å². The van der Waals surface area contributed by atoms with Crippen LogP contribution in [0.2, 0.25) is 0 Å². The van der Waals surface area contributed by atoms with Crippen molar-refractivity contribution < 1.29 is 9.59 Å². The van der Waals surface area contributed by atoms with Crippen LogP contribution < -0.4 is 10.2 Å². The molecule has 2 amide bonds. The lowest BCUT2D eigenvalue weighted by molar-refractivity contribution is -0.134. The maximum absolute atomic E-state index is 12.9. The number of piperazine rings is 1. The summed E-state index contributed by atoms with van der Waals surface area (Å²) in [5, 5.41) is 2.82. The zero-order chi connectivity index (χ0) is 21.8. The van der Waals surface area contributed by atoms with Gasteiger partial charge in [0.15, 0.2) is 5.82 Å². The van der Waals surface area contributed by atoms with Gasteiger partial charge in [-0.05, 0) is 50.1 Å². The van der Waals surface area contributed by atoms with Crippen molar-refractivity contribution in [2.24, 2.45) is 0 Å². The fraction of sp³-hybridized carbons (Fsp3) is 0.478. The third-order valence-corrected chi connectivity index (χ3v) is 6.15. The Morgan fingerprint density at radius 2 is 1.87 bits per heavy atom. The van der Waals surface area contributed by atoms with Gasteiger partial charge in [-0.15, -0.1) is 0 Å². The maximum Gasteiger partial charge on any atom is 0.237 e. The van der Waals surface area contributed by atoms with Gasteiger partial charge in [-0.2, -0.15) is 0 Å². The van der Waals surface area contributed by atoms with E-state index < -0.39 is 0 Å². The Morgan fingerprint density at radius 3 is 2.55 bits per heavy atom. The van der Waals surface area contributed by atoms with Crippen LogP contribution in [0.15, 0.2) is 36.7 Å². The largest absolute Gasteiger partial charge is 0.368 e. The number of rotatable bonds is 6. The second kappa shape index (κ2) is 9.43. The molecule has 31 heavy (non-hydrogen) atoms. The van der Waals surface area contributed by atoms with E-state index in [1.54, 1.807) is 0 Å². The van der Waals surface area contributed by atoms with Crippen molar-refractivity contribution in [3.8, 4) is 11.4 Å². The van der Waals surface area contributed by atoms with E-state index in [0.29, 0.717) is 13.1 Å². The van der Waals surface area contributed by atoms with Crippen molar-refractivity contribution in [1.29, 1.82) is 0 Å². The second-order valence-corrected chi connectivity index (χ2v) is 8.52. The van der Waals surface area contributed by atoms with E-state index in [-0.39, 0.29) is 18.0 Å². The van der Waals surface area contributed by atoms with E-state index >= 15 is 0 Å². The molecule has 0 spiro atoms. The molecule has 2 unspecified atom stereocenters. The Labute approximate surface area is 183 Å². The highest BCUT2D eigenvalue weighted by atomic mass is 16.2. The molecule has 164 valence electrons. The molecule has 0 aliphatic carbocycles. The molecular formula is C23H30N6O2. The SMILES string of the molecule is Cc1cnc(-c2ccc(N3CCN(C(=O)CN4CCC(NC=O)C4)C(C)C3)cc2)nc1. The summed E-state index contributed by atoms with van der Waals surface area (Å²) >= 11 is 0. The molecule has 4 rings (SSSR count). The van der Waals surface area contributed by atoms with Crippen molar-refractivity contribution in [2.75, 3.05) is 44.2 Å². The summed E-state index contributed by atoms with van der Waals surface area (Å²) in [7, 11) is 0. The first kappa shape index (κ1) is 21.2. The van der Waals surface area contributed by atoms with Gasteiger partial charge < -0.3 is 15.1 Å². The predicted molar refractivity (Wildman–Crippen MR) is 120 cm³/mol. The maximum atomic E-state index is 12.9. The van der Waals surface area contributed by atoms with Gasteiger partial charge in [0.25, 0.3) is 0 Å². The van der Waals surface area contributed by atoms with E-state index in [0.717, 1.165) is 61.6 Å². The summed E-state index contributed by atoms with van der Waals surface area (Å²) < 4.78 is 0. The van der Waals surface area contributed by atoms with Crippen molar-refractivity contribution in [1.82, 2.24) is 25.1 Å². The minimum Gasteiger partial charge on any atom is -0.368 e. The number of hydrogen-bond acceptors (Lipinski definition) is 6. The number of carbonyl (C=O) groups is 2. The molecule has 0 bridgehead atoms. The molecule has 0 saturated carbocycles. The minimum atomic E-state index is 0.146. The Kier molecular flexibility index (Phi) is 6.46. The van der Waals surface area contributed by atoms with Crippen molar-refractivity contribution in [2.45, 2.75) is 32.4 Å². The number of aryl methyl sites for hydroxylation is 1. The molecule has 2 aliphatic heterocycles. The third kappa shape index (κ3) is 5.02. The molecule has 1 N–H and O–H groups in total. The Bertz CT molecular complexity index is 901. The average molecular weight is 423 g/mol. The van der Waals surface area contributed by atoms with Crippen LogP contribution in [0.1, 0.15) is 18.9 Å². The number of benzene rings is 1. The molecule has 3 heterocycles. The van der Waals surface area contributed by atoms with Gasteiger partial charge in [-0.3, -0.25) is 14.5 Å². The number of carbonyl (C=O) groups excluding carboxylic acids is 2. The van der Waals surface area contributed by atoms with Crippen LogP contribution in [-0.2, 0) is 9.59 Å². The van der Waals surface area contributed by atoms with Gasteiger partial charge in [0.05, 0.1) is 6.54 Å². The minimum absolute atomic E-state index is 0.146. The normalized spacial score (nSPS) is 21.9. The number of nitrogens with one attached hydrogen (secondary N) is 1. The van der Waals surface area contributed by atoms with Crippen LogP contribution in [0, 0.1) is 6.92 Å². The molecule has 0 radical (unpaired) electrons. The number of nitrogens with zero attached hydrogens (tertiary/aromatic N) is 5. The molecule has 2 saturated heterocycles. The topological polar surface area (TPSA) is 81.7 Å². The monoisotopic (exact) mass is 422 g/mol. The Balaban J connectivity index is 1.32. The van der Waals surface area contributed by atoms with E-state index in [1.807, 2.05) is 24.2 Å². The van der Waals surface area contributed by atoms with Crippen molar-refractivity contribution in [3.63, 3.8) is 0 Å². The summed E-state index contributed by atoms with van der Waals surface area (Å²) in [5.41, 5.74) is 3.19. The molecule has 1 aromatic heterocycles. The van der Waals surface area contributed by atoms with Crippen molar-refractivity contribution >= 4 is 18.0 Å². The zero-order valence-corrected chi connectivity index (χ0v) is 18.2. The van der Waals surface area contributed by atoms with Gasteiger partial charge in [0.2, 0.25) is 12.3 Å². The first-order valence-corrected chi connectivity index (χ1v) is 10.9. The molecule has 1 aromatic carbocycles. The van der Waals surface area contributed by atoms with Gasteiger partial charge in [-0.1, -0.05) is 0 Å². The molecule has 8 heteroatoms. The lowest BCUT2D eigenvalue weighted by Gasteiger charge is -2.41. The predicted octanol–water partition coefficient (Wildman–Crippen LogP) is 1.31. The van der Waals surface area contributed by atoms with Gasteiger partial charge >= 0.3 is 0 Å². The quantitative estimate of drug-likeness (QED) is 0.707. The fourth-order valence-electron chi connectivity index (χ4n) is 4.42. The van der Waals surface area contributed by atoms with E-state index in [2.05, 4.69) is 56.3 Å². The standard InChI is InChI=1S/C23H30N6O2/c1-17-11-24-23(25-12-17)19-3-5-21(6-4-19)28-9-10-29(18(2)13-28)22(31)15-27-8-7-20(14-27)26-16-30/h3-6,11-12,16,18,20H,7-10,13-15H2,1-2H3,(H,26,30). The van der Waals surface area contributed by atoms with Gasteiger partial charge in [-0.25, -0.2) is 9.97 Å². The van der Waals surface area contributed by atoms with Crippen molar-refractivity contribution in [3.05, 3.63) is 42.2 Å². The van der Waals surface area contributed by atoms with E-state index in [1.165, 1.54) is 0 Å². The highest BCUT2D eigenvalue weighted by Gasteiger charge is 2.30. The van der Waals surface area contributed by atoms with Crippen LogP contribution in [-0.4, -0.2) is 83.4 Å². The summed E-state index contributed by atoms with van der Waals surface area (Å²) in [6, 6.07) is 8.62. The summed E-state index contributed by atoms with van der Waals surface area (Å²) in [6.07, 6.45) is 5.31. The lowest BCUT2D eigenvalue weighted by Crippen LogP contribution is -2.56. The van der Waals surface area contributed by atoms with Crippen LogP contribution in [0.4, 0.5) is 5.69 Å². The number of anilines is 1. The molecular weight excluding hydrogens is 392 g/mol. The number of aromatic nitrogens is 2.